The van der Waals surface area contributed by atoms with Crippen molar-refractivity contribution in [3.05, 3.63) is 40.8 Å². The SMILES string of the molecule is COC(=O)[C@@H](Nc1cc(=O)oc2ccccc12)C(C)C. The first-order chi connectivity index (χ1) is 9.52. The minimum Gasteiger partial charge on any atom is -0.467 e. The molecule has 0 saturated carbocycles. The van der Waals surface area contributed by atoms with Crippen molar-refractivity contribution in [2.24, 2.45) is 5.92 Å². The van der Waals surface area contributed by atoms with Gasteiger partial charge in [0.25, 0.3) is 0 Å². The van der Waals surface area contributed by atoms with E-state index >= 15 is 0 Å². The number of methoxy groups -OCH3 is 1. The maximum Gasteiger partial charge on any atom is 0.338 e. The van der Waals surface area contributed by atoms with Crippen LogP contribution in [0.3, 0.4) is 0 Å². The van der Waals surface area contributed by atoms with Crippen LogP contribution < -0.4 is 10.9 Å². The molecule has 0 bridgehead atoms. The van der Waals surface area contributed by atoms with Crippen molar-refractivity contribution in [3.63, 3.8) is 0 Å². The Hall–Kier alpha value is -2.30. The summed E-state index contributed by atoms with van der Waals surface area (Å²) in [5, 5.41) is 3.83. The van der Waals surface area contributed by atoms with E-state index < -0.39 is 11.7 Å². The van der Waals surface area contributed by atoms with Crippen LogP contribution in [0.5, 0.6) is 0 Å². The van der Waals surface area contributed by atoms with Gasteiger partial charge in [0, 0.05) is 11.5 Å². The highest BCUT2D eigenvalue weighted by molar-refractivity contribution is 5.91. The summed E-state index contributed by atoms with van der Waals surface area (Å²) in [6.45, 7) is 3.81. The third kappa shape index (κ3) is 2.82. The minimum absolute atomic E-state index is 0.0217. The Balaban J connectivity index is 2.47. The molecule has 5 heteroatoms. The number of esters is 1. The molecule has 0 aliphatic heterocycles. The summed E-state index contributed by atoms with van der Waals surface area (Å²) in [5.74, 6) is -0.342. The number of benzene rings is 1. The van der Waals surface area contributed by atoms with Crippen LogP contribution in [0, 0.1) is 5.92 Å². The van der Waals surface area contributed by atoms with Crippen LogP contribution in [0.1, 0.15) is 13.8 Å². The third-order valence-corrected chi connectivity index (χ3v) is 3.08. The number of fused-ring (bicyclic) bond motifs is 1. The zero-order valence-corrected chi connectivity index (χ0v) is 11.7. The van der Waals surface area contributed by atoms with Gasteiger partial charge in [0.1, 0.15) is 11.6 Å². The summed E-state index contributed by atoms with van der Waals surface area (Å²) < 4.78 is 9.90. The second-order valence-corrected chi connectivity index (χ2v) is 4.86. The first-order valence-corrected chi connectivity index (χ1v) is 6.40. The lowest BCUT2D eigenvalue weighted by Gasteiger charge is -2.21. The standard InChI is InChI=1S/C15H17NO4/c1-9(2)14(15(18)19-3)16-11-8-13(17)20-12-7-5-4-6-10(11)12/h4-9,14,16H,1-3H3/t14-/m0/s1. The lowest BCUT2D eigenvalue weighted by Crippen LogP contribution is -2.35. The van der Waals surface area contributed by atoms with Crippen LogP contribution in [-0.2, 0) is 9.53 Å². The number of hydrogen-bond donors (Lipinski definition) is 1. The van der Waals surface area contributed by atoms with E-state index in [0.717, 1.165) is 5.39 Å². The lowest BCUT2D eigenvalue weighted by molar-refractivity contribution is -0.142. The molecule has 0 aliphatic rings. The quantitative estimate of drug-likeness (QED) is 0.685. The van der Waals surface area contributed by atoms with Gasteiger partial charge in [0.2, 0.25) is 0 Å². The van der Waals surface area contributed by atoms with Crippen molar-refractivity contribution in [3.8, 4) is 0 Å². The van der Waals surface area contributed by atoms with Crippen molar-refractivity contribution in [1.82, 2.24) is 0 Å². The lowest BCUT2D eigenvalue weighted by atomic mass is 10.0. The third-order valence-electron chi connectivity index (χ3n) is 3.08. The Bertz CT molecular complexity index is 675. The van der Waals surface area contributed by atoms with Gasteiger partial charge in [-0.3, -0.25) is 0 Å². The molecule has 0 fully saturated rings. The van der Waals surface area contributed by atoms with E-state index in [2.05, 4.69) is 5.32 Å². The highest BCUT2D eigenvalue weighted by Gasteiger charge is 2.23. The molecular weight excluding hydrogens is 258 g/mol. The summed E-state index contributed by atoms with van der Waals surface area (Å²) in [4.78, 5) is 23.4. The number of ether oxygens (including phenoxy) is 1. The van der Waals surface area contributed by atoms with Crippen LogP contribution >= 0.6 is 0 Å². The molecule has 0 unspecified atom stereocenters. The Morgan fingerprint density at radius 3 is 2.65 bits per heavy atom. The fourth-order valence-corrected chi connectivity index (χ4v) is 2.02. The summed E-state index contributed by atoms with van der Waals surface area (Å²) in [5.41, 5.74) is 0.592. The molecular formula is C15H17NO4. The van der Waals surface area contributed by atoms with Crippen molar-refractivity contribution in [2.75, 3.05) is 12.4 Å². The van der Waals surface area contributed by atoms with E-state index in [9.17, 15) is 9.59 Å². The number of carbonyl (C=O) groups is 1. The van der Waals surface area contributed by atoms with E-state index in [0.29, 0.717) is 11.3 Å². The molecule has 5 nitrogen and oxygen atoms in total. The Morgan fingerprint density at radius 2 is 2.00 bits per heavy atom. The van der Waals surface area contributed by atoms with E-state index in [1.807, 2.05) is 26.0 Å². The Kier molecular flexibility index (Phi) is 4.08. The number of rotatable bonds is 4. The second kappa shape index (κ2) is 5.77. The van der Waals surface area contributed by atoms with Gasteiger partial charge in [-0.2, -0.15) is 0 Å². The maximum absolute atomic E-state index is 11.8. The average molecular weight is 275 g/mol. The molecule has 1 atom stereocenters. The largest absolute Gasteiger partial charge is 0.467 e. The van der Waals surface area contributed by atoms with Crippen molar-refractivity contribution >= 4 is 22.6 Å². The fraction of sp³-hybridized carbons (Fsp3) is 0.333. The van der Waals surface area contributed by atoms with Crippen molar-refractivity contribution in [2.45, 2.75) is 19.9 Å². The minimum atomic E-state index is -0.523. The van der Waals surface area contributed by atoms with Gasteiger partial charge in [-0.1, -0.05) is 26.0 Å². The molecule has 1 N–H and O–H groups in total. The molecule has 2 aromatic rings. The molecule has 0 radical (unpaired) electrons. The van der Waals surface area contributed by atoms with Gasteiger partial charge in [0.05, 0.1) is 12.8 Å². The average Bonchev–Trinajstić information content (AvgIpc) is 2.43. The van der Waals surface area contributed by atoms with Crippen LogP contribution in [0.4, 0.5) is 5.69 Å². The van der Waals surface area contributed by atoms with Gasteiger partial charge in [-0.25, -0.2) is 9.59 Å². The van der Waals surface area contributed by atoms with Crippen LogP contribution in [0.25, 0.3) is 11.0 Å². The predicted octanol–water partition coefficient (Wildman–Crippen LogP) is 2.40. The van der Waals surface area contributed by atoms with Gasteiger partial charge in [-0.15, -0.1) is 0 Å². The summed E-state index contributed by atoms with van der Waals surface area (Å²) in [7, 11) is 1.34. The molecule has 1 heterocycles. The summed E-state index contributed by atoms with van der Waals surface area (Å²) >= 11 is 0. The smallest absolute Gasteiger partial charge is 0.338 e. The zero-order chi connectivity index (χ0) is 14.7. The van der Waals surface area contributed by atoms with E-state index in [1.165, 1.54) is 13.2 Å². The molecule has 1 aromatic heterocycles. The predicted molar refractivity (Wildman–Crippen MR) is 76.7 cm³/mol. The molecule has 0 amide bonds. The van der Waals surface area contributed by atoms with Gasteiger partial charge >= 0.3 is 11.6 Å². The first-order valence-electron chi connectivity index (χ1n) is 6.40. The molecule has 2 rings (SSSR count). The number of nitrogens with one attached hydrogen (secondary N) is 1. The van der Waals surface area contributed by atoms with Crippen molar-refractivity contribution in [1.29, 1.82) is 0 Å². The van der Waals surface area contributed by atoms with Crippen LogP contribution in [0.2, 0.25) is 0 Å². The Labute approximate surface area is 116 Å². The molecule has 0 aliphatic carbocycles. The highest BCUT2D eigenvalue weighted by Crippen LogP contribution is 2.23. The summed E-state index contributed by atoms with van der Waals surface area (Å²) in [6.07, 6.45) is 0. The first kappa shape index (κ1) is 14.1. The second-order valence-electron chi connectivity index (χ2n) is 4.86. The van der Waals surface area contributed by atoms with E-state index in [-0.39, 0.29) is 11.9 Å². The van der Waals surface area contributed by atoms with Gasteiger partial charge in [-0.05, 0) is 18.1 Å². The molecule has 0 spiro atoms. The Morgan fingerprint density at radius 1 is 1.30 bits per heavy atom. The monoisotopic (exact) mass is 275 g/mol. The van der Waals surface area contributed by atoms with Gasteiger partial charge in [0.15, 0.2) is 0 Å². The van der Waals surface area contributed by atoms with Crippen LogP contribution in [0.15, 0.2) is 39.5 Å². The normalized spacial score (nSPS) is 12.4. The van der Waals surface area contributed by atoms with E-state index in [1.54, 1.807) is 12.1 Å². The topological polar surface area (TPSA) is 68.5 Å². The molecule has 0 saturated heterocycles. The number of carbonyl (C=O) groups excluding carboxylic acids is 1. The summed E-state index contributed by atoms with van der Waals surface area (Å²) in [6, 6.07) is 8.00. The number of para-hydroxylation sites is 1. The molecule has 106 valence electrons. The zero-order valence-electron chi connectivity index (χ0n) is 11.7. The number of anilines is 1. The molecule has 1 aromatic carbocycles. The number of hydrogen-bond acceptors (Lipinski definition) is 5. The molecule has 20 heavy (non-hydrogen) atoms. The maximum atomic E-state index is 11.8. The van der Waals surface area contributed by atoms with E-state index in [4.69, 9.17) is 9.15 Å². The van der Waals surface area contributed by atoms with Gasteiger partial charge < -0.3 is 14.5 Å². The van der Waals surface area contributed by atoms with Crippen LogP contribution in [-0.4, -0.2) is 19.1 Å². The van der Waals surface area contributed by atoms with Crippen molar-refractivity contribution < 1.29 is 13.9 Å². The highest BCUT2D eigenvalue weighted by atomic mass is 16.5. The fourth-order valence-electron chi connectivity index (χ4n) is 2.02.